The number of rotatable bonds is 7. The van der Waals surface area contributed by atoms with E-state index < -0.39 is 0 Å². The number of nitrogens with one attached hydrogen (secondary N) is 1. The second kappa shape index (κ2) is 6.52. The molecule has 1 aromatic carbocycles. The van der Waals surface area contributed by atoms with Gasteiger partial charge in [0.2, 0.25) is 0 Å². The first-order valence-corrected chi connectivity index (χ1v) is 5.90. The van der Waals surface area contributed by atoms with E-state index in [-0.39, 0.29) is 11.4 Å². The minimum Gasteiger partial charge on any atom is -0.329 e. The van der Waals surface area contributed by atoms with Crippen LogP contribution >= 0.6 is 0 Å². The van der Waals surface area contributed by atoms with E-state index in [1.54, 1.807) is 12.1 Å². The van der Waals surface area contributed by atoms with Gasteiger partial charge in [-0.3, -0.25) is 0 Å². The second-order valence-corrected chi connectivity index (χ2v) is 4.58. The second-order valence-electron chi connectivity index (χ2n) is 4.58. The van der Waals surface area contributed by atoms with Crippen LogP contribution in [0.2, 0.25) is 0 Å². The van der Waals surface area contributed by atoms with Crippen molar-refractivity contribution < 1.29 is 4.39 Å². The lowest BCUT2D eigenvalue weighted by molar-refractivity contribution is 0.365. The summed E-state index contributed by atoms with van der Waals surface area (Å²) in [6.45, 7) is 7.09. The molecule has 17 heavy (non-hydrogen) atoms. The van der Waals surface area contributed by atoms with Gasteiger partial charge in [-0.2, -0.15) is 0 Å². The lowest BCUT2D eigenvalue weighted by Crippen LogP contribution is -2.50. The van der Waals surface area contributed by atoms with Gasteiger partial charge < -0.3 is 11.1 Å². The fourth-order valence-corrected chi connectivity index (χ4v) is 1.78. The molecule has 0 fully saturated rings. The Hall–Kier alpha value is -1.19. The van der Waals surface area contributed by atoms with E-state index in [0.29, 0.717) is 6.54 Å². The topological polar surface area (TPSA) is 38.0 Å². The minimum absolute atomic E-state index is 0.198. The highest BCUT2D eigenvalue weighted by atomic mass is 19.1. The molecule has 1 unspecified atom stereocenters. The molecular weight excluding hydrogens is 215 g/mol. The van der Waals surface area contributed by atoms with Gasteiger partial charge in [0.25, 0.3) is 0 Å². The molecule has 2 nitrogen and oxygen atoms in total. The summed E-state index contributed by atoms with van der Waals surface area (Å²) < 4.78 is 13.1. The van der Waals surface area contributed by atoms with Crippen LogP contribution in [0, 0.1) is 5.82 Å². The van der Waals surface area contributed by atoms with Crippen LogP contribution in [0.15, 0.2) is 36.9 Å². The molecule has 0 aliphatic carbocycles. The Morgan fingerprint density at radius 3 is 2.88 bits per heavy atom. The monoisotopic (exact) mass is 236 g/mol. The van der Waals surface area contributed by atoms with Gasteiger partial charge in [0.15, 0.2) is 0 Å². The highest BCUT2D eigenvalue weighted by molar-refractivity contribution is 5.19. The molecule has 3 N–H and O–H groups in total. The molecule has 1 atom stereocenters. The number of hydrogen-bond donors (Lipinski definition) is 2. The first kappa shape index (κ1) is 13.9. The Balaban J connectivity index is 2.64. The average Bonchev–Trinajstić information content (AvgIpc) is 2.29. The van der Waals surface area contributed by atoms with Gasteiger partial charge in [-0.25, -0.2) is 4.39 Å². The van der Waals surface area contributed by atoms with Gasteiger partial charge in [-0.1, -0.05) is 18.2 Å². The van der Waals surface area contributed by atoms with Gasteiger partial charge in [0, 0.05) is 12.1 Å². The average molecular weight is 236 g/mol. The molecule has 0 spiro atoms. The molecular formula is C14H21FN2. The Labute approximate surface area is 103 Å². The van der Waals surface area contributed by atoms with E-state index in [2.05, 4.69) is 18.8 Å². The van der Waals surface area contributed by atoms with Crippen molar-refractivity contribution in [2.24, 2.45) is 5.73 Å². The van der Waals surface area contributed by atoms with Gasteiger partial charge in [0.1, 0.15) is 5.82 Å². The van der Waals surface area contributed by atoms with Crippen LogP contribution in [0.5, 0.6) is 0 Å². The Morgan fingerprint density at radius 2 is 2.29 bits per heavy atom. The smallest absolute Gasteiger partial charge is 0.123 e. The van der Waals surface area contributed by atoms with Crippen molar-refractivity contribution in [2.45, 2.75) is 25.3 Å². The zero-order valence-corrected chi connectivity index (χ0v) is 10.4. The number of halogens is 1. The van der Waals surface area contributed by atoms with Gasteiger partial charge in [0.05, 0.1) is 0 Å². The first-order chi connectivity index (χ1) is 8.09. The normalized spacial score (nSPS) is 14.3. The molecule has 0 saturated carbocycles. The Bertz CT molecular complexity index is 365. The highest BCUT2D eigenvalue weighted by Gasteiger charge is 2.21. The van der Waals surface area contributed by atoms with Crippen molar-refractivity contribution in [2.75, 3.05) is 13.1 Å². The fraction of sp³-hybridized carbons (Fsp3) is 0.429. The minimum atomic E-state index is -0.201. The molecule has 0 amide bonds. The van der Waals surface area contributed by atoms with Crippen LogP contribution in [0.25, 0.3) is 0 Å². The van der Waals surface area contributed by atoms with E-state index in [9.17, 15) is 4.39 Å². The van der Waals surface area contributed by atoms with E-state index in [1.165, 1.54) is 6.07 Å². The third-order valence-corrected chi connectivity index (χ3v) is 2.83. The van der Waals surface area contributed by atoms with Crippen LogP contribution in [0.4, 0.5) is 4.39 Å². The summed E-state index contributed by atoms with van der Waals surface area (Å²) in [4.78, 5) is 0. The standard InChI is InChI=1S/C14H21FN2/c1-3-4-8-17-14(2,11-16)10-12-6-5-7-13(15)9-12/h3,5-7,9,17H,1,4,8,10-11,16H2,2H3. The Morgan fingerprint density at radius 1 is 1.53 bits per heavy atom. The van der Waals surface area contributed by atoms with Crippen molar-refractivity contribution in [3.63, 3.8) is 0 Å². The van der Waals surface area contributed by atoms with Crippen LogP contribution in [-0.4, -0.2) is 18.6 Å². The van der Waals surface area contributed by atoms with Gasteiger partial charge >= 0.3 is 0 Å². The lowest BCUT2D eigenvalue weighted by atomic mass is 9.92. The quantitative estimate of drug-likeness (QED) is 0.563. The number of nitrogens with two attached hydrogens (primary N) is 1. The lowest BCUT2D eigenvalue weighted by Gasteiger charge is -2.29. The third kappa shape index (κ3) is 4.67. The summed E-state index contributed by atoms with van der Waals surface area (Å²) in [5, 5.41) is 3.40. The Kier molecular flexibility index (Phi) is 5.32. The molecule has 0 aromatic heterocycles. The summed E-state index contributed by atoms with van der Waals surface area (Å²) in [7, 11) is 0. The van der Waals surface area contributed by atoms with Crippen molar-refractivity contribution in [1.29, 1.82) is 0 Å². The van der Waals surface area contributed by atoms with Crippen LogP contribution < -0.4 is 11.1 Å². The summed E-state index contributed by atoms with van der Waals surface area (Å²) in [6, 6.07) is 6.66. The van der Waals surface area contributed by atoms with E-state index in [4.69, 9.17) is 5.73 Å². The molecule has 0 saturated heterocycles. The fourth-order valence-electron chi connectivity index (χ4n) is 1.78. The zero-order valence-electron chi connectivity index (χ0n) is 10.4. The maximum absolute atomic E-state index is 13.1. The SMILES string of the molecule is C=CCCNC(C)(CN)Cc1cccc(F)c1. The molecule has 3 heteroatoms. The van der Waals surface area contributed by atoms with E-state index in [0.717, 1.165) is 24.9 Å². The maximum atomic E-state index is 13.1. The van der Waals surface area contributed by atoms with Crippen LogP contribution in [0.1, 0.15) is 18.9 Å². The summed E-state index contributed by atoms with van der Waals surface area (Å²) in [5.41, 5.74) is 6.56. The predicted octanol–water partition coefficient (Wildman–Crippen LogP) is 2.25. The number of hydrogen-bond acceptors (Lipinski definition) is 2. The van der Waals surface area contributed by atoms with Crippen molar-refractivity contribution >= 4 is 0 Å². The molecule has 0 aliphatic heterocycles. The molecule has 94 valence electrons. The van der Waals surface area contributed by atoms with Crippen LogP contribution in [-0.2, 0) is 6.42 Å². The maximum Gasteiger partial charge on any atom is 0.123 e. The third-order valence-electron chi connectivity index (χ3n) is 2.83. The first-order valence-electron chi connectivity index (χ1n) is 5.90. The summed E-state index contributed by atoms with van der Waals surface area (Å²) >= 11 is 0. The zero-order chi connectivity index (χ0) is 12.7. The highest BCUT2D eigenvalue weighted by Crippen LogP contribution is 2.13. The van der Waals surface area contributed by atoms with E-state index in [1.807, 2.05) is 12.1 Å². The molecule has 1 aromatic rings. The van der Waals surface area contributed by atoms with E-state index >= 15 is 0 Å². The summed E-state index contributed by atoms with van der Waals surface area (Å²) in [6.07, 6.45) is 3.49. The van der Waals surface area contributed by atoms with Crippen LogP contribution in [0.3, 0.4) is 0 Å². The molecule has 0 aliphatic rings. The van der Waals surface area contributed by atoms with Gasteiger partial charge in [-0.15, -0.1) is 6.58 Å². The largest absolute Gasteiger partial charge is 0.329 e. The van der Waals surface area contributed by atoms with Gasteiger partial charge in [-0.05, 0) is 44.0 Å². The predicted molar refractivity (Wildman–Crippen MR) is 70.4 cm³/mol. The van der Waals surface area contributed by atoms with Crippen molar-refractivity contribution in [1.82, 2.24) is 5.32 Å². The molecule has 0 bridgehead atoms. The molecule has 0 radical (unpaired) electrons. The number of benzene rings is 1. The summed E-state index contributed by atoms with van der Waals surface area (Å²) in [5.74, 6) is -0.201. The molecule has 0 heterocycles. The van der Waals surface area contributed by atoms with Crippen molar-refractivity contribution in [3.05, 3.63) is 48.3 Å². The molecule has 1 rings (SSSR count). The van der Waals surface area contributed by atoms with Crippen molar-refractivity contribution in [3.8, 4) is 0 Å².